The van der Waals surface area contributed by atoms with Crippen molar-refractivity contribution in [3.05, 3.63) is 51.9 Å². The highest BCUT2D eigenvalue weighted by molar-refractivity contribution is 7.17. The lowest BCUT2D eigenvalue weighted by Gasteiger charge is -2.17. The Morgan fingerprint density at radius 2 is 2.13 bits per heavy atom. The van der Waals surface area contributed by atoms with E-state index in [1.807, 2.05) is 0 Å². The fourth-order valence-electron chi connectivity index (χ4n) is 3.10. The first-order chi connectivity index (χ1) is 11.3. The van der Waals surface area contributed by atoms with Crippen LogP contribution in [0.15, 0.2) is 35.7 Å². The first kappa shape index (κ1) is 14.9. The molecule has 2 N–H and O–H groups in total. The van der Waals surface area contributed by atoms with Crippen molar-refractivity contribution in [3.8, 4) is 0 Å². The van der Waals surface area contributed by atoms with E-state index >= 15 is 0 Å². The lowest BCUT2D eigenvalue weighted by atomic mass is 10.1. The van der Waals surface area contributed by atoms with Crippen LogP contribution < -0.4 is 5.73 Å². The highest BCUT2D eigenvalue weighted by Gasteiger charge is 2.16. The smallest absolute Gasteiger partial charge is 0.180 e. The highest BCUT2D eigenvalue weighted by atomic mass is 32.1. The predicted molar refractivity (Wildman–Crippen MR) is 101 cm³/mol. The summed E-state index contributed by atoms with van der Waals surface area (Å²) in [6, 6.07) is 8.72. The van der Waals surface area contributed by atoms with Crippen LogP contribution >= 0.6 is 22.7 Å². The molecule has 4 rings (SSSR count). The van der Waals surface area contributed by atoms with Gasteiger partial charge in [-0.1, -0.05) is 24.3 Å². The number of hydrogen-bond acceptors (Lipinski definition) is 5. The average molecular weight is 342 g/mol. The van der Waals surface area contributed by atoms with Gasteiger partial charge in [-0.3, -0.25) is 4.90 Å². The van der Waals surface area contributed by atoms with E-state index in [1.54, 1.807) is 22.7 Å². The Kier molecular flexibility index (Phi) is 4.16. The number of nitrogens with two attached hydrogens (primary N) is 1. The van der Waals surface area contributed by atoms with Gasteiger partial charge >= 0.3 is 0 Å². The number of aromatic nitrogens is 1. The third-order valence-electron chi connectivity index (χ3n) is 4.31. The van der Waals surface area contributed by atoms with Gasteiger partial charge in [0.25, 0.3) is 0 Å². The van der Waals surface area contributed by atoms with Crippen molar-refractivity contribution < 1.29 is 0 Å². The highest BCUT2D eigenvalue weighted by Crippen LogP contribution is 2.26. The van der Waals surface area contributed by atoms with Gasteiger partial charge in [0.2, 0.25) is 0 Å². The van der Waals surface area contributed by atoms with Crippen molar-refractivity contribution in [1.29, 1.82) is 0 Å². The second kappa shape index (κ2) is 6.43. The fourth-order valence-corrected chi connectivity index (χ4v) is 4.79. The third-order valence-corrected chi connectivity index (χ3v) is 6.17. The standard InChI is InChI=1S/C18H19N3S2/c19-18-20-15-6-10-21(11-7-17(15)23-18)9-2-4-13-3-1-5-16-14(13)8-12-22-16/h1-5,8,12H,6-7,9-11H2,(H2,19,20). The molecule has 0 unspecified atom stereocenters. The van der Waals surface area contributed by atoms with Gasteiger partial charge in [-0.2, -0.15) is 0 Å². The number of thiophene rings is 1. The van der Waals surface area contributed by atoms with Crippen LogP contribution in [0.5, 0.6) is 0 Å². The third kappa shape index (κ3) is 3.17. The maximum Gasteiger partial charge on any atom is 0.180 e. The molecule has 3 heterocycles. The van der Waals surface area contributed by atoms with Crippen molar-refractivity contribution in [2.75, 3.05) is 25.4 Å². The number of benzene rings is 1. The molecule has 1 aliphatic rings. The Bertz CT molecular complexity index is 821. The van der Waals surface area contributed by atoms with E-state index in [0.717, 1.165) is 32.5 Å². The number of hydrogen-bond donors (Lipinski definition) is 1. The lowest BCUT2D eigenvalue weighted by Crippen LogP contribution is -2.26. The number of fused-ring (bicyclic) bond motifs is 2. The van der Waals surface area contributed by atoms with Crippen molar-refractivity contribution in [3.63, 3.8) is 0 Å². The molecule has 3 aromatic rings. The summed E-state index contributed by atoms with van der Waals surface area (Å²) in [6.07, 6.45) is 6.62. The van der Waals surface area contributed by atoms with Gasteiger partial charge in [0.15, 0.2) is 5.13 Å². The maximum absolute atomic E-state index is 5.81. The number of nitrogens with zero attached hydrogens (tertiary/aromatic N) is 2. The molecule has 2 aromatic heterocycles. The zero-order valence-electron chi connectivity index (χ0n) is 12.9. The van der Waals surface area contributed by atoms with Crippen molar-refractivity contribution in [2.24, 2.45) is 0 Å². The molecule has 118 valence electrons. The Morgan fingerprint density at radius 3 is 3.09 bits per heavy atom. The van der Waals surface area contributed by atoms with E-state index in [2.05, 4.69) is 51.7 Å². The maximum atomic E-state index is 5.81. The molecule has 0 radical (unpaired) electrons. The van der Waals surface area contributed by atoms with E-state index in [0.29, 0.717) is 5.13 Å². The zero-order chi connectivity index (χ0) is 15.6. The van der Waals surface area contributed by atoms with Crippen molar-refractivity contribution >= 4 is 44.0 Å². The molecule has 0 amide bonds. The van der Waals surface area contributed by atoms with Gasteiger partial charge in [0.1, 0.15) is 0 Å². The molecule has 5 heteroatoms. The Morgan fingerprint density at radius 1 is 1.22 bits per heavy atom. The molecular formula is C18H19N3S2. The molecule has 1 aromatic carbocycles. The summed E-state index contributed by atoms with van der Waals surface area (Å²) in [6.45, 7) is 3.13. The normalized spacial score (nSPS) is 16.0. The second-order valence-corrected chi connectivity index (χ2v) is 7.87. The minimum atomic E-state index is 0.715. The topological polar surface area (TPSA) is 42.1 Å². The van der Waals surface area contributed by atoms with Gasteiger partial charge < -0.3 is 5.73 Å². The van der Waals surface area contributed by atoms with Crippen LogP contribution in [0, 0.1) is 0 Å². The average Bonchev–Trinajstić information content (AvgIpc) is 3.12. The van der Waals surface area contributed by atoms with E-state index in [-0.39, 0.29) is 0 Å². The van der Waals surface area contributed by atoms with Gasteiger partial charge in [-0.15, -0.1) is 22.7 Å². The minimum absolute atomic E-state index is 0.715. The van der Waals surface area contributed by atoms with E-state index < -0.39 is 0 Å². The molecule has 0 aliphatic carbocycles. The predicted octanol–water partition coefficient (Wildman–Crippen LogP) is 4.05. The molecule has 0 atom stereocenters. The van der Waals surface area contributed by atoms with Crippen LogP contribution in [0.3, 0.4) is 0 Å². The number of thiazole rings is 1. The number of rotatable bonds is 3. The SMILES string of the molecule is Nc1nc2c(s1)CCN(CC=Cc1cccc3sccc13)CC2. The number of nitrogen functional groups attached to an aromatic ring is 1. The monoisotopic (exact) mass is 341 g/mol. The van der Waals surface area contributed by atoms with E-state index in [4.69, 9.17) is 5.73 Å². The summed E-state index contributed by atoms with van der Waals surface area (Å²) in [5, 5.41) is 4.23. The summed E-state index contributed by atoms with van der Waals surface area (Å²) < 4.78 is 1.36. The van der Waals surface area contributed by atoms with Crippen LogP contribution in [-0.2, 0) is 12.8 Å². The van der Waals surface area contributed by atoms with Crippen LogP contribution in [0.25, 0.3) is 16.2 Å². The number of anilines is 1. The minimum Gasteiger partial charge on any atom is -0.375 e. The first-order valence-corrected chi connectivity index (χ1v) is 9.58. The Balaban J connectivity index is 1.41. The second-order valence-electron chi connectivity index (χ2n) is 5.80. The van der Waals surface area contributed by atoms with Gasteiger partial charge in [0.05, 0.1) is 5.69 Å². The quantitative estimate of drug-likeness (QED) is 0.781. The van der Waals surface area contributed by atoms with Crippen LogP contribution in [-0.4, -0.2) is 29.5 Å². The molecule has 3 nitrogen and oxygen atoms in total. The van der Waals surface area contributed by atoms with Crippen LogP contribution in [0.2, 0.25) is 0 Å². The summed E-state index contributed by atoms with van der Waals surface area (Å²) in [4.78, 5) is 8.32. The Hall–Kier alpha value is -1.69. The van der Waals surface area contributed by atoms with E-state index in [9.17, 15) is 0 Å². The summed E-state index contributed by atoms with van der Waals surface area (Å²) in [5.74, 6) is 0. The van der Waals surface area contributed by atoms with Gasteiger partial charge in [-0.25, -0.2) is 4.98 Å². The summed E-state index contributed by atoms with van der Waals surface area (Å²) in [7, 11) is 0. The lowest BCUT2D eigenvalue weighted by molar-refractivity contribution is 0.318. The molecule has 0 spiro atoms. The van der Waals surface area contributed by atoms with Crippen molar-refractivity contribution in [2.45, 2.75) is 12.8 Å². The first-order valence-electron chi connectivity index (χ1n) is 7.89. The fraction of sp³-hybridized carbons (Fsp3) is 0.278. The van der Waals surface area contributed by atoms with Crippen LogP contribution in [0.4, 0.5) is 5.13 Å². The van der Waals surface area contributed by atoms with Crippen LogP contribution in [0.1, 0.15) is 16.1 Å². The van der Waals surface area contributed by atoms with Crippen molar-refractivity contribution in [1.82, 2.24) is 9.88 Å². The molecule has 0 fully saturated rings. The van der Waals surface area contributed by atoms with E-state index in [1.165, 1.54) is 26.2 Å². The summed E-state index contributed by atoms with van der Waals surface area (Å²) in [5.41, 5.74) is 8.33. The van der Waals surface area contributed by atoms with Gasteiger partial charge in [-0.05, 0) is 34.9 Å². The molecule has 0 bridgehead atoms. The Labute approximate surface area is 144 Å². The zero-order valence-corrected chi connectivity index (χ0v) is 14.5. The molecule has 0 saturated heterocycles. The molecule has 23 heavy (non-hydrogen) atoms. The summed E-state index contributed by atoms with van der Waals surface area (Å²) >= 11 is 3.45. The molecule has 0 saturated carbocycles. The molecular weight excluding hydrogens is 322 g/mol. The van der Waals surface area contributed by atoms with Gasteiger partial charge in [0, 0.05) is 35.6 Å². The molecule has 1 aliphatic heterocycles. The largest absolute Gasteiger partial charge is 0.375 e.